The molecule has 8 heteroatoms. The Morgan fingerprint density at radius 1 is 1.07 bits per heavy atom. The number of halogens is 3. The first-order valence-corrected chi connectivity index (χ1v) is 9.20. The Kier molecular flexibility index (Phi) is 7.65. The van der Waals surface area contributed by atoms with Gasteiger partial charge in [-0.25, -0.2) is 0 Å². The number of aliphatic hydroxyl groups excluding tert-OH is 1. The molecule has 0 bridgehead atoms. The number of carbonyl (C=O) groups is 2. The molecule has 1 fully saturated rings. The van der Waals surface area contributed by atoms with Crippen LogP contribution >= 0.6 is 0 Å². The first kappa shape index (κ1) is 21.2. The molecule has 1 heterocycles. The van der Waals surface area contributed by atoms with Crippen LogP contribution in [0.3, 0.4) is 0 Å². The van der Waals surface area contributed by atoms with Crippen molar-refractivity contribution in [2.24, 2.45) is 0 Å². The molecule has 5 nitrogen and oxygen atoms in total. The fraction of sp³-hybridized carbons (Fsp3) is 0.579. The van der Waals surface area contributed by atoms with Gasteiger partial charge in [0, 0.05) is 25.3 Å². The number of nitrogens with zero attached hydrogens (tertiary/aromatic N) is 1. The zero-order valence-corrected chi connectivity index (χ0v) is 15.1. The Bertz CT molecular complexity index is 626. The van der Waals surface area contributed by atoms with Gasteiger partial charge in [-0.15, -0.1) is 0 Å². The summed E-state index contributed by atoms with van der Waals surface area (Å²) in [6, 6.07) is 3.16. The Balaban J connectivity index is 2.06. The largest absolute Gasteiger partial charge is 0.416 e. The van der Waals surface area contributed by atoms with Gasteiger partial charge in [0.05, 0.1) is 5.56 Å². The minimum Gasteiger partial charge on any atom is -0.396 e. The van der Waals surface area contributed by atoms with Crippen LogP contribution in [0.5, 0.6) is 0 Å². The van der Waals surface area contributed by atoms with Crippen molar-refractivity contribution in [2.45, 2.75) is 50.7 Å². The number of amides is 2. The van der Waals surface area contributed by atoms with E-state index in [1.807, 2.05) is 0 Å². The van der Waals surface area contributed by atoms with Crippen molar-refractivity contribution in [1.29, 1.82) is 0 Å². The Morgan fingerprint density at radius 2 is 1.70 bits per heavy atom. The summed E-state index contributed by atoms with van der Waals surface area (Å²) in [5.74, 6) is -0.754. The minimum atomic E-state index is -4.47. The number of nitrogens with one attached hydrogen (secondary N) is 1. The van der Waals surface area contributed by atoms with Gasteiger partial charge in [-0.3, -0.25) is 9.59 Å². The zero-order valence-electron chi connectivity index (χ0n) is 15.1. The number of hydrogen-bond donors (Lipinski definition) is 2. The van der Waals surface area contributed by atoms with E-state index >= 15 is 0 Å². The van der Waals surface area contributed by atoms with Crippen LogP contribution in [0.1, 0.15) is 54.4 Å². The Hall–Kier alpha value is -2.09. The molecule has 1 aromatic carbocycles. The SMILES string of the molecule is O=C(NC(CCCCO)C(=O)N1CCCCC1)c1ccc(C(F)(F)F)cc1. The number of hydrogen-bond acceptors (Lipinski definition) is 3. The summed E-state index contributed by atoms with van der Waals surface area (Å²) in [6.07, 6.45) is -0.108. The first-order chi connectivity index (χ1) is 12.8. The minimum absolute atomic E-state index is 0.00250. The highest BCUT2D eigenvalue weighted by atomic mass is 19.4. The smallest absolute Gasteiger partial charge is 0.396 e. The maximum Gasteiger partial charge on any atom is 0.416 e. The molecule has 2 amide bonds. The number of benzene rings is 1. The normalized spacial score (nSPS) is 16.1. The van der Waals surface area contributed by atoms with Gasteiger partial charge in [0.15, 0.2) is 0 Å². The Morgan fingerprint density at radius 3 is 2.26 bits per heavy atom. The summed E-state index contributed by atoms with van der Waals surface area (Å²) in [7, 11) is 0. The van der Waals surface area contributed by atoms with Gasteiger partial charge in [-0.2, -0.15) is 13.2 Å². The van der Waals surface area contributed by atoms with Gasteiger partial charge < -0.3 is 15.3 Å². The molecule has 0 radical (unpaired) electrons. The molecule has 2 rings (SSSR count). The van der Waals surface area contributed by atoms with Gasteiger partial charge in [-0.05, 0) is 62.8 Å². The lowest BCUT2D eigenvalue weighted by atomic mass is 10.0. The molecule has 1 aromatic rings. The standard InChI is InChI=1S/C19H25F3N2O3/c20-19(21,22)15-9-7-14(8-10-15)17(26)23-16(6-2-5-13-25)18(27)24-11-3-1-4-12-24/h7-10,16,25H,1-6,11-13H2,(H,23,26). The summed E-state index contributed by atoms with van der Waals surface area (Å²) in [4.78, 5) is 26.9. The van der Waals surface area contributed by atoms with E-state index in [2.05, 4.69) is 5.32 Å². The first-order valence-electron chi connectivity index (χ1n) is 9.20. The van der Waals surface area contributed by atoms with Crippen molar-refractivity contribution < 1.29 is 27.9 Å². The lowest BCUT2D eigenvalue weighted by molar-refractivity contribution is -0.137. The maximum absolute atomic E-state index is 12.7. The summed E-state index contributed by atoms with van der Waals surface area (Å²) in [5.41, 5.74) is -0.760. The van der Waals surface area contributed by atoms with Gasteiger partial charge >= 0.3 is 6.18 Å². The summed E-state index contributed by atoms with van der Waals surface area (Å²) >= 11 is 0. The number of likely N-dealkylation sites (tertiary alicyclic amines) is 1. The van der Waals surface area contributed by atoms with E-state index in [0.717, 1.165) is 43.5 Å². The van der Waals surface area contributed by atoms with Gasteiger partial charge in [-0.1, -0.05) is 0 Å². The molecule has 0 spiro atoms. The van der Waals surface area contributed by atoms with E-state index < -0.39 is 23.7 Å². The second kappa shape index (κ2) is 9.73. The van der Waals surface area contributed by atoms with Crippen LogP contribution in [0.25, 0.3) is 0 Å². The predicted octanol–water partition coefficient (Wildman–Crippen LogP) is 2.98. The van der Waals surface area contributed by atoms with Crippen LogP contribution in [-0.4, -0.2) is 47.6 Å². The van der Waals surface area contributed by atoms with Gasteiger partial charge in [0.1, 0.15) is 6.04 Å². The van der Waals surface area contributed by atoms with Crippen molar-refractivity contribution in [3.63, 3.8) is 0 Å². The van der Waals surface area contributed by atoms with Gasteiger partial charge in [0.2, 0.25) is 5.91 Å². The van der Waals surface area contributed by atoms with Crippen LogP contribution in [0.15, 0.2) is 24.3 Å². The molecule has 1 aliphatic heterocycles. The molecule has 1 unspecified atom stereocenters. The topological polar surface area (TPSA) is 69.6 Å². The van der Waals surface area contributed by atoms with Crippen LogP contribution in [0, 0.1) is 0 Å². The van der Waals surface area contributed by atoms with Crippen LogP contribution in [0.2, 0.25) is 0 Å². The fourth-order valence-electron chi connectivity index (χ4n) is 3.10. The van der Waals surface area contributed by atoms with Crippen LogP contribution < -0.4 is 5.32 Å². The molecule has 27 heavy (non-hydrogen) atoms. The van der Waals surface area contributed by atoms with Crippen molar-refractivity contribution in [3.8, 4) is 0 Å². The van der Waals surface area contributed by atoms with Crippen LogP contribution in [0.4, 0.5) is 13.2 Å². The molecule has 1 saturated heterocycles. The molecule has 1 aliphatic rings. The summed E-state index contributed by atoms with van der Waals surface area (Å²) in [5, 5.41) is 11.6. The third-order valence-electron chi connectivity index (χ3n) is 4.65. The molecular formula is C19H25F3N2O3. The molecule has 0 saturated carbocycles. The molecule has 150 valence electrons. The number of unbranched alkanes of at least 4 members (excludes halogenated alkanes) is 1. The third-order valence-corrected chi connectivity index (χ3v) is 4.65. The number of aliphatic hydroxyl groups is 1. The van der Waals surface area contributed by atoms with Crippen LogP contribution in [-0.2, 0) is 11.0 Å². The quantitative estimate of drug-likeness (QED) is 0.708. The average molecular weight is 386 g/mol. The highest BCUT2D eigenvalue weighted by Crippen LogP contribution is 2.29. The van der Waals surface area contributed by atoms with E-state index in [1.165, 1.54) is 0 Å². The number of rotatable bonds is 7. The van der Waals surface area contributed by atoms with Crippen molar-refractivity contribution in [3.05, 3.63) is 35.4 Å². The van der Waals surface area contributed by atoms with E-state index in [9.17, 15) is 22.8 Å². The average Bonchev–Trinajstić information content (AvgIpc) is 2.67. The molecular weight excluding hydrogens is 361 g/mol. The lowest BCUT2D eigenvalue weighted by Gasteiger charge is -2.31. The fourth-order valence-corrected chi connectivity index (χ4v) is 3.10. The highest BCUT2D eigenvalue weighted by Gasteiger charge is 2.31. The molecule has 2 N–H and O–H groups in total. The number of alkyl halides is 3. The zero-order chi connectivity index (χ0) is 19.9. The Labute approximate surface area is 156 Å². The predicted molar refractivity (Wildman–Crippen MR) is 94.1 cm³/mol. The number of piperidine rings is 1. The number of carbonyl (C=O) groups excluding carboxylic acids is 2. The lowest BCUT2D eigenvalue weighted by Crippen LogP contribution is -2.50. The van der Waals surface area contributed by atoms with Crippen molar-refractivity contribution in [2.75, 3.05) is 19.7 Å². The van der Waals surface area contributed by atoms with E-state index in [0.29, 0.717) is 32.4 Å². The van der Waals surface area contributed by atoms with Crippen molar-refractivity contribution in [1.82, 2.24) is 10.2 Å². The van der Waals surface area contributed by atoms with E-state index in [1.54, 1.807) is 4.90 Å². The molecule has 0 aliphatic carbocycles. The van der Waals surface area contributed by atoms with Gasteiger partial charge in [0.25, 0.3) is 5.91 Å². The monoisotopic (exact) mass is 386 g/mol. The summed E-state index contributed by atoms with van der Waals surface area (Å²) < 4.78 is 37.9. The molecule has 1 atom stereocenters. The highest BCUT2D eigenvalue weighted by molar-refractivity contribution is 5.97. The third kappa shape index (κ3) is 6.23. The second-order valence-electron chi connectivity index (χ2n) is 6.71. The van der Waals surface area contributed by atoms with Crippen molar-refractivity contribution >= 4 is 11.8 Å². The maximum atomic E-state index is 12.7. The van der Waals surface area contributed by atoms with E-state index in [-0.39, 0.29) is 18.1 Å². The summed E-state index contributed by atoms with van der Waals surface area (Å²) in [6.45, 7) is 1.29. The second-order valence-corrected chi connectivity index (χ2v) is 6.71. The molecule has 0 aromatic heterocycles. The van der Waals surface area contributed by atoms with E-state index in [4.69, 9.17) is 5.11 Å².